The molecule has 4 N–H and O–H groups in total. The minimum Gasteiger partial charge on any atom is -0.467 e. The van der Waals surface area contributed by atoms with Crippen LogP contribution in [0.25, 0.3) is 10.9 Å². The summed E-state index contributed by atoms with van der Waals surface area (Å²) in [5, 5.41) is 4.14. The van der Waals surface area contributed by atoms with E-state index in [0.717, 1.165) is 12.8 Å². The van der Waals surface area contributed by atoms with Crippen molar-refractivity contribution < 1.29 is 9.21 Å². The third kappa shape index (κ3) is 3.63. The number of furan rings is 1. The molecule has 3 rings (SSSR count). The van der Waals surface area contributed by atoms with Crippen LogP contribution in [0.2, 0.25) is 0 Å². The first-order valence-corrected chi connectivity index (χ1v) is 7.86. The van der Waals surface area contributed by atoms with Crippen LogP contribution in [0, 0.1) is 0 Å². The van der Waals surface area contributed by atoms with Crippen LogP contribution >= 0.6 is 12.4 Å². The Morgan fingerprint density at radius 2 is 2.17 bits per heavy atom. The molecule has 0 aliphatic carbocycles. The number of halogens is 1. The van der Waals surface area contributed by atoms with Crippen molar-refractivity contribution in [3.8, 4) is 0 Å². The van der Waals surface area contributed by atoms with Crippen LogP contribution in [-0.2, 0) is 19.4 Å². The van der Waals surface area contributed by atoms with E-state index in [-0.39, 0.29) is 18.3 Å². The predicted octanol–water partition coefficient (Wildman–Crippen LogP) is 3.18. The van der Waals surface area contributed by atoms with E-state index in [2.05, 4.69) is 35.4 Å². The minimum absolute atomic E-state index is 0. The number of aryl methyl sites for hydroxylation is 1. The van der Waals surface area contributed by atoms with Crippen LogP contribution in [0.5, 0.6) is 0 Å². The second-order valence-electron chi connectivity index (χ2n) is 5.52. The molecule has 0 spiro atoms. The summed E-state index contributed by atoms with van der Waals surface area (Å²) in [7, 11) is 0. The molecule has 0 aliphatic rings. The zero-order valence-corrected chi connectivity index (χ0v) is 14.4. The number of aromatic amines is 1. The van der Waals surface area contributed by atoms with Gasteiger partial charge in [0.05, 0.1) is 12.1 Å². The molecule has 3 aromatic rings. The Labute approximate surface area is 147 Å². The summed E-state index contributed by atoms with van der Waals surface area (Å²) in [4.78, 5) is 15.4. The van der Waals surface area contributed by atoms with Gasteiger partial charge in [0, 0.05) is 23.6 Å². The third-order valence-electron chi connectivity index (χ3n) is 4.07. The van der Waals surface area contributed by atoms with E-state index in [9.17, 15) is 4.79 Å². The van der Waals surface area contributed by atoms with Gasteiger partial charge in [-0.05, 0) is 30.0 Å². The van der Waals surface area contributed by atoms with Gasteiger partial charge in [-0.1, -0.05) is 25.1 Å². The Morgan fingerprint density at radius 3 is 2.88 bits per heavy atom. The smallest absolute Gasteiger partial charge is 0.254 e. The Bertz CT molecular complexity index is 823. The number of fused-ring (bicyclic) bond motifs is 1. The topological polar surface area (TPSA) is 84.1 Å². The van der Waals surface area contributed by atoms with Gasteiger partial charge in [0.15, 0.2) is 0 Å². The molecule has 0 saturated carbocycles. The van der Waals surface area contributed by atoms with E-state index >= 15 is 0 Å². The number of H-pyrrole nitrogens is 1. The number of nitrogens with one attached hydrogen (secondary N) is 2. The summed E-state index contributed by atoms with van der Waals surface area (Å²) in [6.45, 7) is 3.02. The van der Waals surface area contributed by atoms with E-state index < -0.39 is 0 Å². The highest BCUT2D eigenvalue weighted by Crippen LogP contribution is 2.22. The molecular formula is C18H22ClN3O2. The number of amides is 1. The molecular weight excluding hydrogens is 326 g/mol. The average Bonchev–Trinajstić information content (AvgIpc) is 3.21. The summed E-state index contributed by atoms with van der Waals surface area (Å²) >= 11 is 0. The van der Waals surface area contributed by atoms with Gasteiger partial charge in [0.1, 0.15) is 12.0 Å². The van der Waals surface area contributed by atoms with E-state index in [0.29, 0.717) is 24.4 Å². The fraction of sp³-hybridized carbons (Fsp3) is 0.278. The Morgan fingerprint density at radius 1 is 1.33 bits per heavy atom. The summed E-state index contributed by atoms with van der Waals surface area (Å²) in [6.07, 6.45) is 5.25. The molecule has 6 heteroatoms. The van der Waals surface area contributed by atoms with Gasteiger partial charge in [-0.3, -0.25) is 4.79 Å². The molecule has 5 nitrogen and oxygen atoms in total. The lowest BCUT2D eigenvalue weighted by molar-refractivity contribution is 0.0953. The summed E-state index contributed by atoms with van der Waals surface area (Å²) in [6, 6.07) is 8.01. The second kappa shape index (κ2) is 8.04. The van der Waals surface area contributed by atoms with Gasteiger partial charge in [0.2, 0.25) is 0 Å². The maximum atomic E-state index is 12.0. The number of rotatable bonds is 6. The SMILES string of the molecule is CCc1cccc2c(CCNC(=O)c3coc(CN)c3)c[nH]c12.Cl. The maximum absolute atomic E-state index is 12.0. The number of benzene rings is 1. The first kappa shape index (κ1) is 18.1. The van der Waals surface area contributed by atoms with Crippen molar-refractivity contribution in [2.75, 3.05) is 6.54 Å². The van der Waals surface area contributed by atoms with E-state index in [1.54, 1.807) is 6.07 Å². The molecule has 0 bridgehead atoms. The lowest BCUT2D eigenvalue weighted by Crippen LogP contribution is -2.25. The van der Waals surface area contributed by atoms with Crippen LogP contribution in [0.1, 0.15) is 34.2 Å². The Balaban J connectivity index is 0.00000208. The minimum atomic E-state index is -0.137. The first-order chi connectivity index (χ1) is 11.2. The Hall–Kier alpha value is -2.24. The highest BCUT2D eigenvalue weighted by atomic mass is 35.5. The third-order valence-corrected chi connectivity index (χ3v) is 4.07. The van der Waals surface area contributed by atoms with Crippen LogP contribution in [-0.4, -0.2) is 17.4 Å². The molecule has 0 fully saturated rings. The second-order valence-corrected chi connectivity index (χ2v) is 5.52. The molecule has 0 unspecified atom stereocenters. The van der Waals surface area contributed by atoms with Crippen molar-refractivity contribution >= 4 is 29.2 Å². The van der Waals surface area contributed by atoms with Gasteiger partial charge in [-0.15, -0.1) is 12.4 Å². The number of aromatic nitrogens is 1. The number of hydrogen-bond acceptors (Lipinski definition) is 3. The number of carbonyl (C=O) groups is 1. The molecule has 2 heterocycles. The van der Waals surface area contributed by atoms with Crippen molar-refractivity contribution in [1.82, 2.24) is 10.3 Å². The van der Waals surface area contributed by atoms with E-state index in [1.807, 2.05) is 6.20 Å². The van der Waals surface area contributed by atoms with Crippen molar-refractivity contribution in [2.24, 2.45) is 5.73 Å². The first-order valence-electron chi connectivity index (χ1n) is 7.86. The Kier molecular flexibility index (Phi) is 6.06. The zero-order valence-electron chi connectivity index (χ0n) is 13.6. The lowest BCUT2D eigenvalue weighted by atomic mass is 10.1. The fourth-order valence-corrected chi connectivity index (χ4v) is 2.80. The van der Waals surface area contributed by atoms with Crippen molar-refractivity contribution in [2.45, 2.75) is 26.3 Å². The zero-order chi connectivity index (χ0) is 16.2. The van der Waals surface area contributed by atoms with Gasteiger partial charge < -0.3 is 20.5 Å². The van der Waals surface area contributed by atoms with Gasteiger partial charge >= 0.3 is 0 Å². The molecule has 24 heavy (non-hydrogen) atoms. The summed E-state index contributed by atoms with van der Waals surface area (Å²) < 4.78 is 5.18. The molecule has 1 aromatic carbocycles. The van der Waals surface area contributed by atoms with E-state index in [4.69, 9.17) is 10.2 Å². The number of para-hydroxylation sites is 1. The van der Waals surface area contributed by atoms with Crippen LogP contribution in [0.4, 0.5) is 0 Å². The lowest BCUT2D eigenvalue weighted by Gasteiger charge is -2.04. The number of carbonyl (C=O) groups excluding carboxylic acids is 1. The molecule has 128 valence electrons. The van der Waals surface area contributed by atoms with E-state index in [1.165, 1.54) is 28.3 Å². The average molecular weight is 348 g/mol. The molecule has 0 saturated heterocycles. The molecule has 2 aromatic heterocycles. The van der Waals surface area contributed by atoms with Crippen molar-refractivity contribution in [1.29, 1.82) is 0 Å². The van der Waals surface area contributed by atoms with Gasteiger partial charge in [0.25, 0.3) is 5.91 Å². The maximum Gasteiger partial charge on any atom is 0.254 e. The fourth-order valence-electron chi connectivity index (χ4n) is 2.80. The molecule has 1 amide bonds. The quantitative estimate of drug-likeness (QED) is 0.640. The van der Waals surface area contributed by atoms with Crippen LogP contribution < -0.4 is 11.1 Å². The number of nitrogens with two attached hydrogens (primary N) is 1. The standard InChI is InChI=1S/C18H21N3O2.ClH/c1-2-12-4-3-5-16-13(10-21-17(12)16)6-7-20-18(22)14-8-15(9-19)23-11-14;/h3-5,8,10-11,21H,2,6-7,9,19H2,1H3,(H,20,22);1H. The largest absolute Gasteiger partial charge is 0.467 e. The molecule has 0 radical (unpaired) electrons. The van der Waals surface area contributed by atoms with Gasteiger partial charge in [-0.25, -0.2) is 0 Å². The number of hydrogen-bond donors (Lipinski definition) is 3. The summed E-state index contributed by atoms with van der Waals surface area (Å²) in [5.74, 6) is 0.474. The van der Waals surface area contributed by atoms with Gasteiger partial charge in [-0.2, -0.15) is 0 Å². The predicted molar refractivity (Wildman–Crippen MR) is 97.6 cm³/mol. The highest BCUT2D eigenvalue weighted by Gasteiger charge is 2.10. The van der Waals surface area contributed by atoms with Crippen LogP contribution in [0.15, 0.2) is 41.1 Å². The van der Waals surface area contributed by atoms with Crippen molar-refractivity contribution in [3.63, 3.8) is 0 Å². The van der Waals surface area contributed by atoms with Crippen molar-refractivity contribution in [3.05, 3.63) is 59.2 Å². The summed E-state index contributed by atoms with van der Waals surface area (Å²) in [5.41, 5.74) is 9.70. The van der Waals surface area contributed by atoms with Crippen LogP contribution in [0.3, 0.4) is 0 Å². The highest BCUT2D eigenvalue weighted by molar-refractivity contribution is 5.94. The monoisotopic (exact) mass is 347 g/mol. The molecule has 0 aliphatic heterocycles. The molecule has 0 atom stereocenters. The normalized spacial score (nSPS) is 10.6.